The molecular weight excluding hydrogens is 280 g/mol. The molecule has 1 aromatic heterocycles. The molecule has 22 heavy (non-hydrogen) atoms. The van der Waals surface area contributed by atoms with E-state index in [4.69, 9.17) is 4.74 Å². The minimum atomic E-state index is -0.204. The highest BCUT2D eigenvalue weighted by molar-refractivity contribution is 5.75. The number of piperidine rings is 1. The number of anilines is 1. The largest absolute Gasteiger partial charge is 0.468 e. The Balaban J connectivity index is 1.91. The lowest BCUT2D eigenvalue weighted by atomic mass is 10.0. The van der Waals surface area contributed by atoms with Crippen LogP contribution in [0, 0.1) is 13.8 Å². The van der Waals surface area contributed by atoms with Crippen molar-refractivity contribution in [2.24, 2.45) is 0 Å². The zero-order valence-electron chi connectivity index (χ0n) is 13.9. The lowest BCUT2D eigenvalue weighted by molar-refractivity contribution is -0.143. The fourth-order valence-corrected chi connectivity index (χ4v) is 2.91. The highest BCUT2D eigenvalue weighted by atomic mass is 16.5. The molecule has 2 rings (SSSR count). The van der Waals surface area contributed by atoms with Gasteiger partial charge in [0, 0.05) is 30.9 Å². The van der Waals surface area contributed by atoms with Crippen LogP contribution in [0.1, 0.15) is 37.7 Å². The van der Waals surface area contributed by atoms with Crippen molar-refractivity contribution in [2.75, 3.05) is 25.1 Å². The molecule has 0 amide bonds. The van der Waals surface area contributed by atoms with Crippen LogP contribution < -0.4 is 10.2 Å². The van der Waals surface area contributed by atoms with E-state index in [1.807, 2.05) is 26.8 Å². The predicted octanol–water partition coefficient (Wildman–Crippen LogP) is 1.60. The second kappa shape index (κ2) is 7.54. The van der Waals surface area contributed by atoms with Crippen LogP contribution in [0.15, 0.2) is 6.07 Å². The first-order valence-corrected chi connectivity index (χ1v) is 7.94. The number of carbonyl (C=O) groups is 1. The lowest BCUT2D eigenvalue weighted by Crippen LogP contribution is -2.49. The van der Waals surface area contributed by atoms with Crippen LogP contribution in [0.4, 0.5) is 5.82 Å². The van der Waals surface area contributed by atoms with Crippen molar-refractivity contribution in [1.29, 1.82) is 0 Å². The van der Waals surface area contributed by atoms with Gasteiger partial charge in [0.05, 0.1) is 7.11 Å². The van der Waals surface area contributed by atoms with Gasteiger partial charge in [-0.3, -0.25) is 4.79 Å². The minimum Gasteiger partial charge on any atom is -0.468 e. The number of esters is 1. The fourth-order valence-electron chi connectivity index (χ4n) is 2.91. The van der Waals surface area contributed by atoms with Gasteiger partial charge < -0.3 is 15.0 Å². The molecule has 0 bridgehead atoms. The average Bonchev–Trinajstić information content (AvgIpc) is 2.51. The van der Waals surface area contributed by atoms with Gasteiger partial charge in [-0.15, -0.1) is 0 Å². The Kier molecular flexibility index (Phi) is 5.71. The molecule has 0 saturated carbocycles. The summed E-state index contributed by atoms with van der Waals surface area (Å²) in [6, 6.07) is 2.18. The zero-order chi connectivity index (χ0) is 16.1. The van der Waals surface area contributed by atoms with E-state index in [1.54, 1.807) is 0 Å². The number of ether oxygens (including phenoxy) is 1. The highest BCUT2D eigenvalue weighted by Gasteiger charge is 2.25. The predicted molar refractivity (Wildman–Crippen MR) is 86.0 cm³/mol. The summed E-state index contributed by atoms with van der Waals surface area (Å²) in [5.74, 6) is 1.64. The van der Waals surface area contributed by atoms with Crippen molar-refractivity contribution in [1.82, 2.24) is 15.3 Å². The molecule has 0 aromatic carbocycles. The molecular formula is C16H26N4O2. The van der Waals surface area contributed by atoms with Crippen molar-refractivity contribution in [3.8, 4) is 0 Å². The third kappa shape index (κ3) is 4.16. The smallest absolute Gasteiger partial charge is 0.322 e. The van der Waals surface area contributed by atoms with Crippen LogP contribution in [0.2, 0.25) is 0 Å². The van der Waals surface area contributed by atoms with Crippen LogP contribution in [0.25, 0.3) is 0 Å². The van der Waals surface area contributed by atoms with E-state index in [-0.39, 0.29) is 12.0 Å². The Morgan fingerprint density at radius 3 is 2.64 bits per heavy atom. The van der Waals surface area contributed by atoms with Crippen molar-refractivity contribution < 1.29 is 9.53 Å². The van der Waals surface area contributed by atoms with E-state index in [1.165, 1.54) is 7.11 Å². The van der Waals surface area contributed by atoms with Gasteiger partial charge in [0.25, 0.3) is 0 Å². The molecule has 0 radical (unpaired) electrons. The quantitative estimate of drug-likeness (QED) is 0.834. The number of rotatable bonds is 5. The molecule has 6 heteroatoms. The Labute approximate surface area is 132 Å². The third-order valence-electron chi connectivity index (χ3n) is 4.10. The number of carbonyl (C=O) groups excluding carboxylic acids is 1. The van der Waals surface area contributed by atoms with Gasteiger partial charge in [0.1, 0.15) is 17.7 Å². The topological polar surface area (TPSA) is 67.3 Å². The number of nitrogens with zero attached hydrogens (tertiary/aromatic N) is 3. The number of nitrogens with one attached hydrogen (secondary N) is 1. The summed E-state index contributed by atoms with van der Waals surface area (Å²) in [6.45, 7) is 7.79. The van der Waals surface area contributed by atoms with Gasteiger partial charge in [0.15, 0.2) is 0 Å². The minimum absolute atomic E-state index is 0.174. The normalized spacial score (nSPS) is 17.4. The molecule has 122 valence electrons. The Hall–Kier alpha value is -1.69. The molecule has 1 atom stereocenters. The van der Waals surface area contributed by atoms with Crippen LogP contribution in [0.5, 0.6) is 0 Å². The summed E-state index contributed by atoms with van der Waals surface area (Å²) in [5.41, 5.74) is 1.000. The summed E-state index contributed by atoms with van der Waals surface area (Å²) in [5, 5.41) is 3.42. The molecule has 1 saturated heterocycles. The van der Waals surface area contributed by atoms with Gasteiger partial charge in [-0.25, -0.2) is 9.97 Å². The van der Waals surface area contributed by atoms with E-state index in [0.29, 0.717) is 6.04 Å². The molecule has 0 spiro atoms. The number of methoxy groups -OCH3 is 1. The van der Waals surface area contributed by atoms with Crippen molar-refractivity contribution in [2.45, 2.75) is 52.1 Å². The van der Waals surface area contributed by atoms with Gasteiger partial charge >= 0.3 is 5.97 Å². The van der Waals surface area contributed by atoms with Crippen LogP contribution in [-0.4, -0.2) is 48.2 Å². The average molecular weight is 306 g/mol. The number of aromatic nitrogens is 2. The summed E-state index contributed by atoms with van der Waals surface area (Å²) >= 11 is 0. The van der Waals surface area contributed by atoms with Gasteiger partial charge in [0.2, 0.25) is 0 Å². The van der Waals surface area contributed by atoms with Crippen LogP contribution in [0.3, 0.4) is 0 Å². The van der Waals surface area contributed by atoms with Gasteiger partial charge in [-0.1, -0.05) is 6.92 Å². The maximum absolute atomic E-state index is 11.7. The second-order valence-corrected chi connectivity index (χ2v) is 5.83. The summed E-state index contributed by atoms with van der Waals surface area (Å²) < 4.78 is 4.83. The first-order chi connectivity index (χ1) is 10.5. The Morgan fingerprint density at radius 2 is 2.09 bits per heavy atom. The molecule has 1 fully saturated rings. The maximum Gasteiger partial charge on any atom is 0.322 e. The third-order valence-corrected chi connectivity index (χ3v) is 4.10. The Morgan fingerprint density at radius 1 is 1.41 bits per heavy atom. The van der Waals surface area contributed by atoms with Crippen molar-refractivity contribution >= 4 is 11.8 Å². The number of hydrogen-bond donors (Lipinski definition) is 1. The first-order valence-electron chi connectivity index (χ1n) is 7.94. The summed E-state index contributed by atoms with van der Waals surface area (Å²) in [6.07, 6.45) is 2.74. The van der Waals surface area contributed by atoms with Gasteiger partial charge in [-0.05, 0) is 33.1 Å². The fraction of sp³-hybridized carbons (Fsp3) is 0.688. The van der Waals surface area contributed by atoms with Crippen LogP contribution >= 0.6 is 0 Å². The maximum atomic E-state index is 11.7. The highest BCUT2D eigenvalue weighted by Crippen LogP contribution is 2.19. The van der Waals surface area contributed by atoms with E-state index in [9.17, 15) is 4.79 Å². The molecule has 1 aliphatic rings. The second-order valence-electron chi connectivity index (χ2n) is 5.83. The molecule has 1 aliphatic heterocycles. The molecule has 0 unspecified atom stereocenters. The van der Waals surface area contributed by atoms with Crippen molar-refractivity contribution in [3.05, 3.63) is 17.6 Å². The molecule has 1 aromatic rings. The molecule has 6 nitrogen and oxygen atoms in total. The zero-order valence-corrected chi connectivity index (χ0v) is 13.9. The van der Waals surface area contributed by atoms with E-state index in [0.717, 1.165) is 49.7 Å². The number of aryl methyl sites for hydroxylation is 2. The molecule has 0 aliphatic carbocycles. The monoisotopic (exact) mass is 306 g/mol. The van der Waals surface area contributed by atoms with E-state index < -0.39 is 0 Å². The lowest BCUT2D eigenvalue weighted by Gasteiger charge is -2.34. The molecule has 1 N–H and O–H groups in total. The molecule has 2 heterocycles. The Bertz CT molecular complexity index is 493. The van der Waals surface area contributed by atoms with Crippen LogP contribution in [-0.2, 0) is 9.53 Å². The van der Waals surface area contributed by atoms with E-state index in [2.05, 4.69) is 20.2 Å². The summed E-state index contributed by atoms with van der Waals surface area (Å²) in [7, 11) is 1.44. The van der Waals surface area contributed by atoms with Gasteiger partial charge in [-0.2, -0.15) is 0 Å². The number of hydrogen-bond acceptors (Lipinski definition) is 6. The standard InChI is InChI=1S/C16H26N4O2/c1-5-14(16(21)22-4)19-13-6-8-20(9-7-13)15-10-11(2)17-12(3)18-15/h10,13-14,19H,5-9H2,1-4H3/t14-/m0/s1. The summed E-state index contributed by atoms with van der Waals surface area (Å²) in [4.78, 5) is 22.8. The van der Waals surface area contributed by atoms with E-state index >= 15 is 0 Å². The first kappa shape index (κ1) is 16.7. The SMILES string of the molecule is CC[C@H](NC1CCN(c2cc(C)nc(C)n2)CC1)C(=O)OC. The van der Waals surface area contributed by atoms with Crippen molar-refractivity contribution in [3.63, 3.8) is 0 Å².